The van der Waals surface area contributed by atoms with Gasteiger partial charge in [-0.3, -0.25) is 19.2 Å². The zero-order chi connectivity index (χ0) is 24.3. The molecule has 0 spiro atoms. The number of amides is 1. The Labute approximate surface area is 193 Å². The molecular formula is C21H16ClN3O7S. The van der Waals surface area contributed by atoms with E-state index < -0.39 is 38.1 Å². The van der Waals surface area contributed by atoms with Crippen LogP contribution in [0.5, 0.6) is 0 Å². The number of nitrogens with one attached hydrogen (secondary N) is 1. The highest BCUT2D eigenvalue weighted by atomic mass is 35.5. The average Bonchev–Trinajstić information content (AvgIpc) is 2.79. The molecule has 0 fully saturated rings. The largest absolute Gasteiger partial charge is 0.478 e. The van der Waals surface area contributed by atoms with Crippen LogP contribution >= 0.6 is 11.6 Å². The fourth-order valence-corrected chi connectivity index (χ4v) is 4.17. The smallest absolute Gasteiger partial charge is 0.338 e. The number of carboxylic acids is 1. The number of anilines is 2. The van der Waals surface area contributed by atoms with Gasteiger partial charge < -0.3 is 10.4 Å². The van der Waals surface area contributed by atoms with Crippen LogP contribution in [0.1, 0.15) is 20.7 Å². The Balaban J connectivity index is 1.83. The molecule has 3 aromatic carbocycles. The zero-order valence-corrected chi connectivity index (χ0v) is 18.5. The topological polar surface area (TPSA) is 147 Å². The summed E-state index contributed by atoms with van der Waals surface area (Å²) >= 11 is 5.83. The van der Waals surface area contributed by atoms with E-state index in [1.54, 1.807) is 24.3 Å². The Morgan fingerprint density at radius 2 is 1.64 bits per heavy atom. The van der Waals surface area contributed by atoms with E-state index >= 15 is 0 Å². The summed E-state index contributed by atoms with van der Waals surface area (Å²) in [6.45, 7) is 0. The van der Waals surface area contributed by atoms with Gasteiger partial charge in [-0.15, -0.1) is 0 Å². The van der Waals surface area contributed by atoms with Crippen molar-refractivity contribution < 1.29 is 28.0 Å². The first-order valence-corrected chi connectivity index (χ1v) is 11.0. The minimum atomic E-state index is -3.92. The number of nitro groups is 1. The highest BCUT2D eigenvalue weighted by molar-refractivity contribution is 7.92. The van der Waals surface area contributed by atoms with Gasteiger partial charge in [0.05, 0.1) is 26.8 Å². The number of nitrogens with zero attached hydrogens (tertiary/aromatic N) is 2. The van der Waals surface area contributed by atoms with Gasteiger partial charge in [-0.1, -0.05) is 11.6 Å². The summed E-state index contributed by atoms with van der Waals surface area (Å²) in [5, 5.41) is 23.0. The number of hydrogen-bond donors (Lipinski definition) is 2. The fraction of sp³-hybridized carbons (Fsp3) is 0.0476. The molecule has 3 rings (SSSR count). The second kappa shape index (κ2) is 9.27. The number of hydrogen-bond acceptors (Lipinski definition) is 6. The molecule has 0 bridgehead atoms. The normalized spacial score (nSPS) is 11.0. The SMILES string of the molecule is CN(c1ccc(Cl)cc1)S(=O)(=O)c1ccc(C(=O)Nc2ccc([N+](=O)[O-])cc2C(=O)O)cc1. The van der Waals surface area contributed by atoms with Crippen LogP contribution in [0.25, 0.3) is 0 Å². The lowest BCUT2D eigenvalue weighted by molar-refractivity contribution is -0.384. The summed E-state index contributed by atoms with van der Waals surface area (Å²) in [5.74, 6) is -2.18. The van der Waals surface area contributed by atoms with E-state index in [1.165, 1.54) is 31.3 Å². The third kappa shape index (κ3) is 5.10. The highest BCUT2D eigenvalue weighted by Crippen LogP contribution is 2.25. The van der Waals surface area contributed by atoms with Gasteiger partial charge in [0, 0.05) is 29.8 Å². The van der Waals surface area contributed by atoms with Crippen molar-refractivity contribution in [1.29, 1.82) is 0 Å². The monoisotopic (exact) mass is 489 g/mol. The maximum atomic E-state index is 12.9. The van der Waals surface area contributed by atoms with E-state index in [1.807, 2.05) is 0 Å². The Kier molecular flexibility index (Phi) is 6.65. The molecule has 0 unspecified atom stereocenters. The molecule has 10 nitrogen and oxygen atoms in total. The number of sulfonamides is 1. The second-order valence-corrected chi connectivity index (χ2v) is 9.13. The molecule has 170 valence electrons. The van der Waals surface area contributed by atoms with E-state index in [4.69, 9.17) is 11.6 Å². The average molecular weight is 490 g/mol. The zero-order valence-electron chi connectivity index (χ0n) is 16.9. The molecule has 1 amide bonds. The van der Waals surface area contributed by atoms with Gasteiger partial charge >= 0.3 is 5.97 Å². The van der Waals surface area contributed by atoms with E-state index in [2.05, 4.69) is 5.32 Å². The summed E-state index contributed by atoms with van der Waals surface area (Å²) < 4.78 is 26.8. The van der Waals surface area contributed by atoms with Crippen molar-refractivity contribution in [2.24, 2.45) is 0 Å². The molecule has 0 saturated heterocycles. The van der Waals surface area contributed by atoms with Gasteiger partial charge in [-0.2, -0.15) is 0 Å². The van der Waals surface area contributed by atoms with Crippen LogP contribution in [-0.4, -0.2) is 37.4 Å². The molecule has 0 atom stereocenters. The number of non-ortho nitro benzene ring substituents is 1. The van der Waals surface area contributed by atoms with Gasteiger partial charge in [0.15, 0.2) is 0 Å². The predicted octanol–water partition coefficient (Wildman–Crippen LogP) is 4.02. The van der Waals surface area contributed by atoms with Gasteiger partial charge in [-0.25, -0.2) is 13.2 Å². The third-order valence-corrected chi connectivity index (χ3v) is 6.71. The highest BCUT2D eigenvalue weighted by Gasteiger charge is 2.22. The number of rotatable bonds is 7. The lowest BCUT2D eigenvalue weighted by Crippen LogP contribution is -2.26. The molecule has 0 aromatic heterocycles. The molecule has 33 heavy (non-hydrogen) atoms. The van der Waals surface area contributed by atoms with Crippen LogP contribution in [0.3, 0.4) is 0 Å². The number of carboxylic acid groups (broad SMARTS) is 1. The van der Waals surface area contributed by atoms with Crippen LogP contribution in [-0.2, 0) is 10.0 Å². The molecule has 0 aliphatic carbocycles. The van der Waals surface area contributed by atoms with Crippen molar-refractivity contribution in [3.8, 4) is 0 Å². The molecule has 0 radical (unpaired) electrons. The van der Waals surface area contributed by atoms with Crippen LogP contribution in [0.15, 0.2) is 71.6 Å². The first kappa shape index (κ1) is 23.7. The lowest BCUT2D eigenvalue weighted by Gasteiger charge is -2.19. The maximum Gasteiger partial charge on any atom is 0.338 e. The van der Waals surface area contributed by atoms with Crippen LogP contribution in [0.2, 0.25) is 5.02 Å². The molecule has 12 heteroatoms. The van der Waals surface area contributed by atoms with E-state index in [9.17, 15) is 33.2 Å². The molecule has 0 aliphatic rings. The minimum Gasteiger partial charge on any atom is -0.478 e. The summed E-state index contributed by atoms with van der Waals surface area (Å²) in [5.41, 5.74) is -0.596. The van der Waals surface area contributed by atoms with Crippen molar-refractivity contribution in [2.75, 3.05) is 16.7 Å². The number of benzene rings is 3. The van der Waals surface area contributed by atoms with Crippen molar-refractivity contribution in [3.63, 3.8) is 0 Å². The maximum absolute atomic E-state index is 12.9. The van der Waals surface area contributed by atoms with Gasteiger partial charge in [0.25, 0.3) is 21.6 Å². The molecule has 2 N–H and O–H groups in total. The summed E-state index contributed by atoms with van der Waals surface area (Å²) in [6.07, 6.45) is 0. The van der Waals surface area contributed by atoms with Crippen LogP contribution < -0.4 is 9.62 Å². The van der Waals surface area contributed by atoms with Crippen molar-refractivity contribution in [2.45, 2.75) is 4.90 Å². The molecule has 0 heterocycles. The number of nitro benzene ring substituents is 1. The second-order valence-electron chi connectivity index (χ2n) is 6.72. The van der Waals surface area contributed by atoms with Gasteiger partial charge in [0.1, 0.15) is 0 Å². The summed E-state index contributed by atoms with van der Waals surface area (Å²) in [6, 6.07) is 14.2. The van der Waals surface area contributed by atoms with Crippen molar-refractivity contribution in [3.05, 3.63) is 93.0 Å². The lowest BCUT2D eigenvalue weighted by atomic mass is 10.1. The molecule has 0 aliphatic heterocycles. The Bertz CT molecular complexity index is 1340. The molecular weight excluding hydrogens is 474 g/mol. The van der Waals surface area contributed by atoms with Gasteiger partial charge in [-0.05, 0) is 54.6 Å². The van der Waals surface area contributed by atoms with E-state index in [-0.39, 0.29) is 16.1 Å². The third-order valence-electron chi connectivity index (χ3n) is 4.66. The van der Waals surface area contributed by atoms with Crippen molar-refractivity contribution in [1.82, 2.24) is 0 Å². The standard InChI is InChI=1S/C21H16ClN3O7S/c1-24(15-6-4-14(22)5-7-15)33(31,32)17-9-2-13(3-10-17)20(26)23-19-11-8-16(25(29)30)12-18(19)21(27)28/h2-12H,1H3,(H,23,26)(H,27,28). The molecule has 0 saturated carbocycles. The van der Waals surface area contributed by atoms with Crippen LogP contribution in [0, 0.1) is 10.1 Å². The Morgan fingerprint density at radius 1 is 1.03 bits per heavy atom. The summed E-state index contributed by atoms with van der Waals surface area (Å²) in [4.78, 5) is 34.0. The van der Waals surface area contributed by atoms with Crippen molar-refractivity contribution >= 4 is 50.6 Å². The molecule has 3 aromatic rings. The van der Waals surface area contributed by atoms with Gasteiger partial charge in [0.2, 0.25) is 0 Å². The van der Waals surface area contributed by atoms with Crippen LogP contribution in [0.4, 0.5) is 17.1 Å². The Hall–Kier alpha value is -3.96. The van der Waals surface area contributed by atoms with E-state index in [0.717, 1.165) is 22.5 Å². The minimum absolute atomic E-state index is 0.0535. The fourth-order valence-electron chi connectivity index (χ4n) is 2.85. The quantitative estimate of drug-likeness (QED) is 0.376. The number of carbonyl (C=O) groups is 2. The number of halogens is 1. The van der Waals surface area contributed by atoms with E-state index in [0.29, 0.717) is 10.7 Å². The number of aromatic carboxylic acids is 1. The first-order valence-electron chi connectivity index (χ1n) is 9.18. The first-order chi connectivity index (χ1) is 15.5. The Morgan fingerprint density at radius 3 is 2.18 bits per heavy atom. The number of carbonyl (C=O) groups excluding carboxylic acids is 1. The summed E-state index contributed by atoms with van der Waals surface area (Å²) in [7, 11) is -2.54. The predicted molar refractivity (Wildman–Crippen MR) is 121 cm³/mol.